The summed E-state index contributed by atoms with van der Waals surface area (Å²) in [7, 11) is 0. The monoisotopic (exact) mass is 224 g/mol. The molecule has 0 spiro atoms. The predicted octanol–water partition coefficient (Wildman–Crippen LogP) is -0.130. The highest BCUT2D eigenvalue weighted by molar-refractivity contribution is 5.80. The molecule has 1 aliphatic rings. The minimum atomic E-state index is -0.397. The highest BCUT2D eigenvalue weighted by Crippen LogP contribution is 2.31. The second-order valence-electron chi connectivity index (χ2n) is 4.33. The lowest BCUT2D eigenvalue weighted by Crippen LogP contribution is -2.57. The minimum Gasteiger partial charge on any atom is -0.394 e. The van der Waals surface area contributed by atoms with Crippen LogP contribution in [0.2, 0.25) is 0 Å². The van der Waals surface area contributed by atoms with Gasteiger partial charge in [0, 0.05) is 0 Å². The molecule has 2 rings (SSSR count). The van der Waals surface area contributed by atoms with Gasteiger partial charge in [-0.2, -0.15) is 5.10 Å². The van der Waals surface area contributed by atoms with Gasteiger partial charge >= 0.3 is 0 Å². The Morgan fingerprint density at radius 3 is 2.88 bits per heavy atom. The average molecular weight is 224 g/mol. The molecule has 6 nitrogen and oxygen atoms in total. The van der Waals surface area contributed by atoms with E-state index >= 15 is 0 Å². The van der Waals surface area contributed by atoms with E-state index in [2.05, 4.69) is 15.4 Å². The molecule has 1 fully saturated rings. The Hall–Kier alpha value is -1.43. The van der Waals surface area contributed by atoms with Gasteiger partial charge in [0.1, 0.15) is 18.7 Å². The van der Waals surface area contributed by atoms with Gasteiger partial charge in [0.15, 0.2) is 0 Å². The lowest BCUT2D eigenvalue weighted by atomic mass is 9.77. The summed E-state index contributed by atoms with van der Waals surface area (Å²) in [5.41, 5.74) is -0.397. The number of rotatable bonds is 4. The molecule has 1 atom stereocenters. The molecule has 88 valence electrons. The summed E-state index contributed by atoms with van der Waals surface area (Å²) in [5, 5.41) is 16.1. The Bertz CT molecular complexity index is 353. The van der Waals surface area contributed by atoms with E-state index in [0.29, 0.717) is 0 Å². The lowest BCUT2D eigenvalue weighted by Gasteiger charge is -2.41. The van der Waals surface area contributed by atoms with E-state index in [9.17, 15) is 9.90 Å². The zero-order valence-corrected chi connectivity index (χ0v) is 9.26. The molecular weight excluding hydrogens is 208 g/mol. The molecule has 2 N–H and O–H groups in total. The molecule has 0 bridgehead atoms. The Balaban J connectivity index is 1.98. The van der Waals surface area contributed by atoms with Gasteiger partial charge in [-0.3, -0.25) is 4.79 Å². The van der Waals surface area contributed by atoms with E-state index in [-0.39, 0.29) is 12.5 Å². The summed E-state index contributed by atoms with van der Waals surface area (Å²) in [5.74, 6) is -0.126. The van der Waals surface area contributed by atoms with Crippen LogP contribution in [0.15, 0.2) is 12.7 Å². The van der Waals surface area contributed by atoms with Gasteiger partial charge in [-0.05, 0) is 26.2 Å². The fourth-order valence-electron chi connectivity index (χ4n) is 1.83. The van der Waals surface area contributed by atoms with Gasteiger partial charge in [-0.15, -0.1) is 0 Å². The number of nitrogens with one attached hydrogen (secondary N) is 1. The third-order valence-electron chi connectivity index (χ3n) is 3.21. The molecule has 1 unspecified atom stereocenters. The van der Waals surface area contributed by atoms with Crippen molar-refractivity contribution in [3.05, 3.63) is 12.7 Å². The zero-order valence-electron chi connectivity index (χ0n) is 9.26. The van der Waals surface area contributed by atoms with Crippen LogP contribution in [0.3, 0.4) is 0 Å². The third-order valence-corrected chi connectivity index (χ3v) is 3.21. The van der Waals surface area contributed by atoms with Crippen LogP contribution >= 0.6 is 0 Å². The number of carbonyl (C=O) groups excluding carboxylic acids is 1. The van der Waals surface area contributed by atoms with Gasteiger partial charge in [-0.25, -0.2) is 9.67 Å². The number of aromatic nitrogens is 3. The second kappa shape index (κ2) is 4.21. The van der Waals surface area contributed by atoms with Crippen LogP contribution in [0.25, 0.3) is 0 Å². The summed E-state index contributed by atoms with van der Waals surface area (Å²) in [6, 6.07) is -0.397. The highest BCUT2D eigenvalue weighted by atomic mass is 16.3. The van der Waals surface area contributed by atoms with Crippen LogP contribution in [-0.4, -0.2) is 37.9 Å². The highest BCUT2D eigenvalue weighted by Gasteiger charge is 2.38. The molecule has 1 amide bonds. The normalized spacial score (nSPS) is 19.9. The fourth-order valence-corrected chi connectivity index (χ4v) is 1.83. The van der Waals surface area contributed by atoms with E-state index in [0.717, 1.165) is 19.3 Å². The number of hydrogen-bond donors (Lipinski definition) is 2. The maximum atomic E-state index is 11.9. The van der Waals surface area contributed by atoms with Crippen molar-refractivity contribution in [1.29, 1.82) is 0 Å². The predicted molar refractivity (Wildman–Crippen MR) is 56.5 cm³/mol. The smallest absolute Gasteiger partial charge is 0.245 e. The fraction of sp³-hybridized carbons (Fsp3) is 0.700. The molecule has 0 aliphatic heterocycles. The molecule has 0 radical (unpaired) electrons. The van der Waals surface area contributed by atoms with Crippen molar-refractivity contribution in [3.63, 3.8) is 0 Å². The molecule has 1 saturated carbocycles. The molecule has 16 heavy (non-hydrogen) atoms. The number of aliphatic hydroxyl groups is 1. The summed E-state index contributed by atoms with van der Waals surface area (Å²) in [6.45, 7) is 1.76. The summed E-state index contributed by atoms with van der Waals surface area (Å²) >= 11 is 0. The van der Waals surface area contributed by atoms with Crippen molar-refractivity contribution in [2.75, 3.05) is 6.61 Å². The van der Waals surface area contributed by atoms with Crippen molar-refractivity contribution in [2.24, 2.45) is 0 Å². The molecular formula is C10H16N4O2. The summed E-state index contributed by atoms with van der Waals surface area (Å²) in [4.78, 5) is 15.7. The van der Waals surface area contributed by atoms with Crippen LogP contribution in [-0.2, 0) is 4.79 Å². The number of amides is 1. The van der Waals surface area contributed by atoms with E-state index in [4.69, 9.17) is 0 Å². The van der Waals surface area contributed by atoms with E-state index in [1.807, 2.05) is 0 Å². The number of nitrogens with zero attached hydrogens (tertiary/aromatic N) is 3. The first-order chi connectivity index (χ1) is 7.67. The molecule has 1 aliphatic carbocycles. The van der Waals surface area contributed by atoms with Crippen LogP contribution in [0.5, 0.6) is 0 Å². The maximum absolute atomic E-state index is 11.9. The van der Waals surface area contributed by atoms with Crippen LogP contribution in [0, 0.1) is 0 Å². The zero-order chi connectivity index (χ0) is 11.6. The number of hydrogen-bond acceptors (Lipinski definition) is 4. The van der Waals surface area contributed by atoms with Crippen molar-refractivity contribution in [2.45, 2.75) is 37.8 Å². The first-order valence-corrected chi connectivity index (χ1v) is 5.44. The van der Waals surface area contributed by atoms with Crippen LogP contribution in [0.1, 0.15) is 32.2 Å². The van der Waals surface area contributed by atoms with Crippen molar-refractivity contribution < 1.29 is 9.90 Å². The Morgan fingerprint density at radius 2 is 2.44 bits per heavy atom. The first-order valence-electron chi connectivity index (χ1n) is 5.44. The Morgan fingerprint density at radius 1 is 1.69 bits per heavy atom. The SMILES string of the molecule is CC(C(=O)NC1(CO)CCC1)n1cncn1. The topological polar surface area (TPSA) is 80.0 Å². The minimum absolute atomic E-state index is 0.00279. The van der Waals surface area contributed by atoms with E-state index in [1.54, 1.807) is 6.92 Å². The van der Waals surface area contributed by atoms with E-state index in [1.165, 1.54) is 17.3 Å². The van der Waals surface area contributed by atoms with Gasteiger partial charge in [-0.1, -0.05) is 0 Å². The van der Waals surface area contributed by atoms with Crippen LogP contribution < -0.4 is 5.32 Å². The number of aliphatic hydroxyl groups excluding tert-OH is 1. The lowest BCUT2D eigenvalue weighted by molar-refractivity contribution is -0.128. The standard InChI is InChI=1S/C10H16N4O2/c1-8(14-7-11-6-12-14)9(16)13-10(5-15)3-2-4-10/h6-8,15H,2-5H2,1H3,(H,13,16). The molecule has 0 saturated heterocycles. The molecule has 0 aromatic carbocycles. The second-order valence-corrected chi connectivity index (χ2v) is 4.33. The van der Waals surface area contributed by atoms with Crippen LogP contribution in [0.4, 0.5) is 0 Å². The Labute approximate surface area is 93.7 Å². The van der Waals surface area contributed by atoms with E-state index < -0.39 is 11.6 Å². The number of carbonyl (C=O) groups is 1. The van der Waals surface area contributed by atoms with Crippen molar-refractivity contribution in [1.82, 2.24) is 20.1 Å². The first kappa shape index (κ1) is 11.1. The third kappa shape index (κ3) is 1.92. The molecule has 1 heterocycles. The quantitative estimate of drug-likeness (QED) is 0.746. The van der Waals surface area contributed by atoms with Gasteiger partial charge in [0.05, 0.1) is 12.1 Å². The largest absolute Gasteiger partial charge is 0.394 e. The summed E-state index contributed by atoms with van der Waals surface area (Å²) < 4.78 is 1.50. The molecule has 1 aromatic rings. The average Bonchev–Trinajstić information content (AvgIpc) is 2.75. The van der Waals surface area contributed by atoms with Gasteiger partial charge < -0.3 is 10.4 Å². The maximum Gasteiger partial charge on any atom is 0.245 e. The van der Waals surface area contributed by atoms with Gasteiger partial charge in [0.2, 0.25) is 5.91 Å². The molecule has 1 aromatic heterocycles. The van der Waals surface area contributed by atoms with Gasteiger partial charge in [0.25, 0.3) is 0 Å². The Kier molecular flexibility index (Phi) is 2.91. The molecule has 6 heteroatoms. The summed E-state index contributed by atoms with van der Waals surface area (Å²) in [6.07, 6.45) is 5.66. The van der Waals surface area contributed by atoms with Crippen molar-refractivity contribution in [3.8, 4) is 0 Å². The van der Waals surface area contributed by atoms with Crippen molar-refractivity contribution >= 4 is 5.91 Å².